The van der Waals surface area contributed by atoms with E-state index < -0.39 is 16.0 Å². The summed E-state index contributed by atoms with van der Waals surface area (Å²) < 4.78 is 26.6. The lowest BCUT2D eigenvalue weighted by molar-refractivity contribution is 0.0692. The minimum absolute atomic E-state index is 0.0468. The molecule has 1 aromatic rings. The third kappa shape index (κ3) is 5.00. The van der Waals surface area contributed by atoms with Crippen molar-refractivity contribution >= 4 is 21.7 Å². The lowest BCUT2D eigenvalue weighted by atomic mass is 10.1. The molecule has 0 aliphatic heterocycles. The van der Waals surface area contributed by atoms with E-state index in [0.717, 1.165) is 6.07 Å². The minimum Gasteiger partial charge on any atom is -0.478 e. The average molecular weight is 316 g/mol. The molecule has 5 N–H and O–H groups in total. The summed E-state index contributed by atoms with van der Waals surface area (Å²) >= 11 is 0. The van der Waals surface area contributed by atoms with Gasteiger partial charge in [-0.25, -0.2) is 17.9 Å². The van der Waals surface area contributed by atoms with Crippen LogP contribution in [0.15, 0.2) is 23.1 Å². The van der Waals surface area contributed by atoms with E-state index in [1.54, 1.807) is 0 Å². The van der Waals surface area contributed by atoms with Crippen LogP contribution in [0.2, 0.25) is 0 Å². The van der Waals surface area contributed by atoms with Crippen molar-refractivity contribution in [2.24, 2.45) is 5.92 Å². The summed E-state index contributed by atoms with van der Waals surface area (Å²) in [5.41, 5.74) is 5.38. The number of carboxylic acids is 1. The van der Waals surface area contributed by atoms with Gasteiger partial charge >= 0.3 is 5.97 Å². The van der Waals surface area contributed by atoms with E-state index in [1.165, 1.54) is 12.1 Å². The fraction of sp³-hybridized carbons (Fsp3) is 0.462. The molecule has 0 spiro atoms. The van der Waals surface area contributed by atoms with Crippen molar-refractivity contribution in [1.82, 2.24) is 4.72 Å². The molecule has 1 atom stereocenters. The molecule has 1 rings (SSSR count). The Morgan fingerprint density at radius 3 is 2.67 bits per heavy atom. The second kappa shape index (κ2) is 7.39. The number of nitrogens with two attached hydrogens (primary N) is 1. The summed E-state index contributed by atoms with van der Waals surface area (Å²) in [5, 5.41) is 17.9. The predicted molar refractivity (Wildman–Crippen MR) is 78.5 cm³/mol. The number of nitrogens with one attached hydrogen (secondary N) is 1. The Morgan fingerprint density at radius 2 is 2.10 bits per heavy atom. The maximum Gasteiger partial charge on any atom is 0.337 e. The number of benzene rings is 1. The number of aliphatic hydroxyl groups is 1. The zero-order valence-corrected chi connectivity index (χ0v) is 12.6. The third-order valence-corrected chi connectivity index (χ3v) is 4.50. The van der Waals surface area contributed by atoms with Crippen LogP contribution < -0.4 is 10.5 Å². The maximum absolute atomic E-state index is 12.1. The van der Waals surface area contributed by atoms with Gasteiger partial charge in [0, 0.05) is 18.8 Å². The van der Waals surface area contributed by atoms with Crippen molar-refractivity contribution in [2.45, 2.75) is 24.7 Å². The first-order chi connectivity index (χ1) is 9.77. The van der Waals surface area contributed by atoms with Crippen molar-refractivity contribution < 1.29 is 23.4 Å². The van der Waals surface area contributed by atoms with E-state index in [2.05, 4.69) is 4.72 Å². The number of hydrogen-bond acceptors (Lipinski definition) is 5. The van der Waals surface area contributed by atoms with Gasteiger partial charge in [-0.15, -0.1) is 0 Å². The zero-order valence-electron chi connectivity index (χ0n) is 11.7. The lowest BCUT2D eigenvalue weighted by Crippen LogP contribution is -2.27. The molecule has 0 bridgehead atoms. The van der Waals surface area contributed by atoms with E-state index in [-0.39, 0.29) is 35.2 Å². The molecule has 0 aliphatic rings. The summed E-state index contributed by atoms with van der Waals surface area (Å²) in [4.78, 5) is 10.7. The topological polar surface area (TPSA) is 130 Å². The van der Waals surface area contributed by atoms with Gasteiger partial charge in [-0.2, -0.15) is 0 Å². The highest BCUT2D eigenvalue weighted by molar-refractivity contribution is 7.89. The van der Waals surface area contributed by atoms with E-state index in [1.807, 2.05) is 6.92 Å². The Labute approximate surface area is 123 Å². The van der Waals surface area contributed by atoms with Gasteiger partial charge < -0.3 is 15.9 Å². The van der Waals surface area contributed by atoms with Gasteiger partial charge in [0.25, 0.3) is 0 Å². The maximum atomic E-state index is 12.1. The van der Waals surface area contributed by atoms with Gasteiger partial charge in [-0.05, 0) is 37.0 Å². The molecule has 0 aromatic heterocycles. The SMILES string of the molecule is CC(CO)CCCNS(=O)(=O)c1cc(N)ccc1C(=O)O. The molecule has 0 saturated heterocycles. The molecule has 0 saturated carbocycles. The average Bonchev–Trinajstić information content (AvgIpc) is 2.42. The van der Waals surface area contributed by atoms with Gasteiger partial charge in [0.1, 0.15) is 0 Å². The Hall–Kier alpha value is -1.64. The lowest BCUT2D eigenvalue weighted by Gasteiger charge is -2.11. The number of carboxylic acid groups (broad SMARTS) is 1. The molecular weight excluding hydrogens is 296 g/mol. The number of aromatic carboxylic acids is 1. The first kappa shape index (κ1) is 17.4. The predicted octanol–water partition coefficient (Wildman–Crippen LogP) is 0.654. The highest BCUT2D eigenvalue weighted by Gasteiger charge is 2.22. The van der Waals surface area contributed by atoms with Crippen molar-refractivity contribution in [3.8, 4) is 0 Å². The Morgan fingerprint density at radius 1 is 1.43 bits per heavy atom. The quantitative estimate of drug-likeness (QED) is 0.411. The van der Waals surface area contributed by atoms with Crippen molar-refractivity contribution in [1.29, 1.82) is 0 Å². The third-order valence-electron chi connectivity index (χ3n) is 3.00. The monoisotopic (exact) mass is 316 g/mol. The minimum atomic E-state index is -3.94. The normalized spacial score (nSPS) is 13.0. The fourth-order valence-electron chi connectivity index (χ4n) is 1.76. The molecular formula is C13H20N2O5S. The fourth-order valence-corrected chi connectivity index (χ4v) is 3.07. The Bertz CT molecular complexity index is 601. The first-order valence-corrected chi connectivity index (χ1v) is 7.99. The van der Waals surface area contributed by atoms with Crippen LogP contribution in [-0.2, 0) is 10.0 Å². The number of nitrogen functional groups attached to an aromatic ring is 1. The Balaban J connectivity index is 2.83. The van der Waals surface area contributed by atoms with Crippen LogP contribution in [0.5, 0.6) is 0 Å². The number of carbonyl (C=O) groups is 1. The van der Waals surface area contributed by atoms with Crippen LogP contribution in [0.4, 0.5) is 5.69 Å². The summed E-state index contributed by atoms with van der Waals surface area (Å²) in [7, 11) is -3.94. The number of rotatable bonds is 8. The molecule has 1 aromatic carbocycles. The van der Waals surface area contributed by atoms with E-state index in [9.17, 15) is 13.2 Å². The van der Waals surface area contributed by atoms with E-state index in [0.29, 0.717) is 12.8 Å². The Kier molecular flexibility index (Phi) is 6.13. The molecule has 0 fully saturated rings. The van der Waals surface area contributed by atoms with Crippen LogP contribution in [-0.4, -0.2) is 37.8 Å². The zero-order chi connectivity index (χ0) is 16.0. The van der Waals surface area contributed by atoms with Crippen LogP contribution in [0.3, 0.4) is 0 Å². The molecule has 8 heteroatoms. The number of hydrogen-bond donors (Lipinski definition) is 4. The summed E-state index contributed by atoms with van der Waals surface area (Å²) in [6.45, 7) is 2.07. The number of aliphatic hydroxyl groups excluding tert-OH is 1. The van der Waals surface area contributed by atoms with Gasteiger partial charge in [0.2, 0.25) is 10.0 Å². The molecule has 0 amide bonds. The van der Waals surface area contributed by atoms with Crippen molar-refractivity contribution in [2.75, 3.05) is 18.9 Å². The van der Waals surface area contributed by atoms with Crippen LogP contribution in [0.1, 0.15) is 30.1 Å². The highest BCUT2D eigenvalue weighted by atomic mass is 32.2. The second-order valence-corrected chi connectivity index (χ2v) is 6.62. The van der Waals surface area contributed by atoms with Crippen LogP contribution in [0, 0.1) is 5.92 Å². The van der Waals surface area contributed by atoms with Crippen molar-refractivity contribution in [3.63, 3.8) is 0 Å². The largest absolute Gasteiger partial charge is 0.478 e. The van der Waals surface area contributed by atoms with Crippen LogP contribution in [0.25, 0.3) is 0 Å². The molecule has 0 aliphatic carbocycles. The second-order valence-electron chi connectivity index (χ2n) is 4.89. The van der Waals surface area contributed by atoms with Gasteiger partial charge in [0.15, 0.2) is 0 Å². The van der Waals surface area contributed by atoms with E-state index >= 15 is 0 Å². The molecule has 0 heterocycles. The van der Waals surface area contributed by atoms with Gasteiger partial charge in [0.05, 0.1) is 10.5 Å². The molecule has 118 valence electrons. The standard InChI is InChI=1S/C13H20N2O5S/c1-9(8-16)3-2-6-15-21(19,20)12-7-10(14)4-5-11(12)13(17)18/h4-5,7,9,15-16H,2-3,6,8,14H2,1H3,(H,17,18). The summed E-state index contributed by atoms with van der Waals surface area (Å²) in [5.74, 6) is -1.24. The molecule has 1 unspecified atom stereocenters. The number of sulfonamides is 1. The first-order valence-electron chi connectivity index (χ1n) is 6.51. The smallest absolute Gasteiger partial charge is 0.337 e. The van der Waals surface area contributed by atoms with Crippen molar-refractivity contribution in [3.05, 3.63) is 23.8 Å². The van der Waals surface area contributed by atoms with Gasteiger partial charge in [-0.3, -0.25) is 0 Å². The number of anilines is 1. The molecule has 7 nitrogen and oxygen atoms in total. The summed E-state index contributed by atoms with van der Waals surface area (Å²) in [6.07, 6.45) is 1.22. The summed E-state index contributed by atoms with van der Waals surface area (Å²) in [6, 6.07) is 3.63. The molecule has 21 heavy (non-hydrogen) atoms. The van der Waals surface area contributed by atoms with Crippen LogP contribution >= 0.6 is 0 Å². The molecule has 0 radical (unpaired) electrons. The highest BCUT2D eigenvalue weighted by Crippen LogP contribution is 2.19. The van der Waals surface area contributed by atoms with Gasteiger partial charge in [-0.1, -0.05) is 6.92 Å². The van der Waals surface area contributed by atoms with E-state index in [4.69, 9.17) is 15.9 Å².